The van der Waals surface area contributed by atoms with Crippen molar-refractivity contribution in [2.75, 3.05) is 13.7 Å². The molecule has 0 spiro atoms. The molecule has 1 saturated heterocycles. The summed E-state index contributed by atoms with van der Waals surface area (Å²) < 4.78 is 11.6. The highest BCUT2D eigenvalue weighted by molar-refractivity contribution is 9.10. The first-order valence-electron chi connectivity index (χ1n) is 5.85. The summed E-state index contributed by atoms with van der Waals surface area (Å²) in [6.45, 7) is 2.58. The standard InChI is InChI=1S/C13H16BrClO3/c1-7-3-8(6-18-7)12(16)10-4-9(15)5-11(14)13(10)17-2/h4-5,7-8,12,16H,3,6H2,1-2H3. The Morgan fingerprint density at radius 3 is 2.83 bits per heavy atom. The molecule has 0 bridgehead atoms. The van der Waals surface area contributed by atoms with Gasteiger partial charge in [0, 0.05) is 16.5 Å². The Hall–Kier alpha value is -0.290. The maximum Gasteiger partial charge on any atom is 0.138 e. The van der Waals surface area contributed by atoms with Crippen LogP contribution in [0.5, 0.6) is 5.75 Å². The number of rotatable bonds is 3. The van der Waals surface area contributed by atoms with Crippen molar-refractivity contribution in [1.82, 2.24) is 0 Å². The van der Waals surface area contributed by atoms with E-state index in [0.717, 1.165) is 10.9 Å². The molecule has 2 rings (SSSR count). The van der Waals surface area contributed by atoms with Gasteiger partial charge in [-0.3, -0.25) is 0 Å². The van der Waals surface area contributed by atoms with Gasteiger partial charge in [0.25, 0.3) is 0 Å². The lowest BCUT2D eigenvalue weighted by Gasteiger charge is -2.20. The van der Waals surface area contributed by atoms with E-state index in [9.17, 15) is 5.11 Å². The molecule has 1 aromatic carbocycles. The van der Waals surface area contributed by atoms with Crippen LogP contribution in [-0.2, 0) is 4.74 Å². The summed E-state index contributed by atoms with van der Waals surface area (Å²) in [5.74, 6) is 0.714. The lowest BCUT2D eigenvalue weighted by atomic mass is 9.93. The van der Waals surface area contributed by atoms with Crippen LogP contribution < -0.4 is 4.74 Å². The molecular formula is C13H16BrClO3. The number of aliphatic hydroxyl groups excluding tert-OH is 1. The first-order chi connectivity index (χ1) is 8.52. The van der Waals surface area contributed by atoms with Crippen molar-refractivity contribution < 1.29 is 14.6 Å². The minimum Gasteiger partial charge on any atom is -0.495 e. The maximum absolute atomic E-state index is 10.5. The number of benzene rings is 1. The van der Waals surface area contributed by atoms with E-state index in [4.69, 9.17) is 21.1 Å². The maximum atomic E-state index is 10.5. The molecule has 1 aromatic rings. The zero-order chi connectivity index (χ0) is 13.3. The van der Waals surface area contributed by atoms with Crippen molar-refractivity contribution in [3.63, 3.8) is 0 Å². The zero-order valence-corrected chi connectivity index (χ0v) is 12.7. The highest BCUT2D eigenvalue weighted by atomic mass is 79.9. The minimum absolute atomic E-state index is 0.0827. The van der Waals surface area contributed by atoms with Crippen LogP contribution >= 0.6 is 27.5 Å². The number of methoxy groups -OCH3 is 1. The Balaban J connectivity index is 2.31. The fraction of sp³-hybridized carbons (Fsp3) is 0.538. The van der Waals surface area contributed by atoms with Gasteiger partial charge < -0.3 is 14.6 Å². The summed E-state index contributed by atoms with van der Waals surface area (Å²) in [4.78, 5) is 0. The summed E-state index contributed by atoms with van der Waals surface area (Å²) in [6.07, 6.45) is 0.409. The fourth-order valence-electron chi connectivity index (χ4n) is 2.34. The van der Waals surface area contributed by atoms with Gasteiger partial charge in [-0.05, 0) is 41.4 Å². The van der Waals surface area contributed by atoms with Crippen LogP contribution in [0, 0.1) is 5.92 Å². The lowest BCUT2D eigenvalue weighted by molar-refractivity contribution is 0.0789. The molecule has 18 heavy (non-hydrogen) atoms. The van der Waals surface area contributed by atoms with E-state index < -0.39 is 6.10 Å². The molecule has 0 aromatic heterocycles. The Morgan fingerprint density at radius 1 is 1.56 bits per heavy atom. The summed E-state index contributed by atoms with van der Waals surface area (Å²) in [5.41, 5.74) is 0.708. The van der Waals surface area contributed by atoms with Crippen molar-refractivity contribution in [2.24, 2.45) is 5.92 Å². The van der Waals surface area contributed by atoms with Crippen LogP contribution in [0.25, 0.3) is 0 Å². The summed E-state index contributed by atoms with van der Waals surface area (Å²) >= 11 is 9.43. The highest BCUT2D eigenvalue weighted by Crippen LogP contribution is 2.40. The van der Waals surface area contributed by atoms with Crippen LogP contribution in [-0.4, -0.2) is 24.9 Å². The first-order valence-corrected chi connectivity index (χ1v) is 7.02. The van der Waals surface area contributed by atoms with E-state index in [1.807, 2.05) is 6.92 Å². The van der Waals surface area contributed by atoms with Crippen LogP contribution in [0.15, 0.2) is 16.6 Å². The molecule has 100 valence electrons. The molecule has 1 heterocycles. The van der Waals surface area contributed by atoms with E-state index in [-0.39, 0.29) is 12.0 Å². The Morgan fingerprint density at radius 2 is 2.28 bits per heavy atom. The van der Waals surface area contributed by atoms with Gasteiger partial charge in [-0.2, -0.15) is 0 Å². The van der Waals surface area contributed by atoms with Gasteiger partial charge in [-0.15, -0.1) is 0 Å². The molecule has 1 fully saturated rings. The molecule has 1 aliphatic heterocycles. The zero-order valence-electron chi connectivity index (χ0n) is 10.3. The van der Waals surface area contributed by atoms with Crippen molar-refractivity contribution in [1.29, 1.82) is 0 Å². The van der Waals surface area contributed by atoms with Crippen molar-refractivity contribution in [2.45, 2.75) is 25.6 Å². The average molecular weight is 336 g/mol. The molecule has 0 amide bonds. The Bertz CT molecular complexity index is 438. The van der Waals surface area contributed by atoms with E-state index in [1.165, 1.54) is 0 Å². The van der Waals surface area contributed by atoms with Gasteiger partial charge in [-0.25, -0.2) is 0 Å². The molecule has 0 saturated carbocycles. The molecule has 3 unspecified atom stereocenters. The normalized spacial score (nSPS) is 25.2. The molecule has 3 atom stereocenters. The summed E-state index contributed by atoms with van der Waals surface area (Å²) in [7, 11) is 1.58. The van der Waals surface area contributed by atoms with Gasteiger partial charge in [-0.1, -0.05) is 11.6 Å². The van der Waals surface area contributed by atoms with Crippen LogP contribution in [0.1, 0.15) is 25.0 Å². The van der Waals surface area contributed by atoms with E-state index >= 15 is 0 Å². The molecule has 5 heteroatoms. The SMILES string of the molecule is COc1c(Br)cc(Cl)cc1C(O)C1COC(C)C1. The average Bonchev–Trinajstić information content (AvgIpc) is 2.74. The van der Waals surface area contributed by atoms with Gasteiger partial charge in [0.1, 0.15) is 5.75 Å². The molecular weight excluding hydrogens is 319 g/mol. The molecule has 1 aliphatic rings. The second-order valence-electron chi connectivity index (χ2n) is 4.59. The molecule has 0 aliphatic carbocycles. The number of halogens is 2. The van der Waals surface area contributed by atoms with Crippen molar-refractivity contribution in [3.05, 3.63) is 27.2 Å². The van der Waals surface area contributed by atoms with E-state index in [2.05, 4.69) is 15.9 Å². The number of hydrogen-bond acceptors (Lipinski definition) is 3. The summed E-state index contributed by atoms with van der Waals surface area (Å²) in [6, 6.07) is 3.50. The third-order valence-electron chi connectivity index (χ3n) is 3.24. The van der Waals surface area contributed by atoms with Crippen molar-refractivity contribution >= 4 is 27.5 Å². The fourth-order valence-corrected chi connectivity index (χ4v) is 3.34. The minimum atomic E-state index is -0.625. The van der Waals surface area contributed by atoms with E-state index in [0.29, 0.717) is 22.9 Å². The number of aliphatic hydroxyl groups is 1. The van der Waals surface area contributed by atoms with Gasteiger partial charge in [0.2, 0.25) is 0 Å². The number of ether oxygens (including phenoxy) is 2. The van der Waals surface area contributed by atoms with Crippen LogP contribution in [0.2, 0.25) is 5.02 Å². The first kappa shape index (κ1) is 14.1. The van der Waals surface area contributed by atoms with E-state index in [1.54, 1.807) is 19.2 Å². The van der Waals surface area contributed by atoms with Gasteiger partial charge in [0.05, 0.1) is 30.4 Å². The van der Waals surface area contributed by atoms with Crippen LogP contribution in [0.3, 0.4) is 0 Å². The highest BCUT2D eigenvalue weighted by Gasteiger charge is 2.31. The smallest absolute Gasteiger partial charge is 0.138 e. The Labute approximate surface area is 120 Å². The predicted octanol–water partition coefficient (Wildman–Crippen LogP) is 3.57. The molecule has 1 N–H and O–H groups in total. The lowest BCUT2D eigenvalue weighted by Crippen LogP contribution is -2.14. The van der Waals surface area contributed by atoms with Crippen molar-refractivity contribution in [3.8, 4) is 5.75 Å². The third kappa shape index (κ3) is 2.82. The second-order valence-corrected chi connectivity index (χ2v) is 5.89. The third-order valence-corrected chi connectivity index (χ3v) is 4.04. The molecule has 3 nitrogen and oxygen atoms in total. The van der Waals surface area contributed by atoms with Gasteiger partial charge >= 0.3 is 0 Å². The van der Waals surface area contributed by atoms with Crippen LogP contribution in [0.4, 0.5) is 0 Å². The largest absolute Gasteiger partial charge is 0.495 e. The second kappa shape index (κ2) is 5.78. The summed E-state index contributed by atoms with van der Waals surface area (Å²) in [5, 5.41) is 11.0. The monoisotopic (exact) mass is 334 g/mol. The number of hydrogen-bond donors (Lipinski definition) is 1. The Kier molecular flexibility index (Phi) is 4.54. The predicted molar refractivity (Wildman–Crippen MR) is 74.2 cm³/mol. The molecule has 0 radical (unpaired) electrons. The quantitative estimate of drug-likeness (QED) is 0.918. The topological polar surface area (TPSA) is 38.7 Å². The van der Waals surface area contributed by atoms with Gasteiger partial charge in [0.15, 0.2) is 0 Å².